The highest BCUT2D eigenvalue weighted by Crippen LogP contribution is 2.38. The molecule has 0 spiro atoms. The molecule has 2 aliphatic rings. The van der Waals surface area contributed by atoms with Crippen LogP contribution in [0.2, 0.25) is 0 Å². The van der Waals surface area contributed by atoms with Gasteiger partial charge in [0.15, 0.2) is 17.8 Å². The molecule has 0 aromatic rings. The fraction of sp³-hybridized carbons (Fsp3) is 0.565. The number of carbonyl (C=O) groups is 4. The molecule has 182 valence electrons. The van der Waals surface area contributed by atoms with Gasteiger partial charge >= 0.3 is 23.9 Å². The second kappa shape index (κ2) is 10.5. The number of hydrogen-bond acceptors (Lipinski definition) is 9. The van der Waals surface area contributed by atoms with Crippen molar-refractivity contribution in [2.45, 2.75) is 69.8 Å². The van der Waals surface area contributed by atoms with Crippen LogP contribution in [0.3, 0.4) is 0 Å². The van der Waals surface area contributed by atoms with Gasteiger partial charge in [0.25, 0.3) is 0 Å². The average Bonchev–Trinajstić information content (AvgIpc) is 2.99. The van der Waals surface area contributed by atoms with E-state index in [1.807, 2.05) is 6.92 Å². The highest BCUT2D eigenvalue weighted by molar-refractivity contribution is 6.22. The molecule has 1 N–H and O–H groups in total. The molecule has 9 nitrogen and oxygen atoms in total. The molecule has 2 unspecified atom stereocenters. The number of alkyl halides is 1. The van der Waals surface area contributed by atoms with Gasteiger partial charge in [-0.15, -0.1) is 11.6 Å². The number of hydrogen-bond donors (Lipinski definition) is 1. The van der Waals surface area contributed by atoms with Crippen LogP contribution in [-0.2, 0) is 38.1 Å². The summed E-state index contributed by atoms with van der Waals surface area (Å²) in [6.07, 6.45) is 0.283. The minimum atomic E-state index is -2.13. The summed E-state index contributed by atoms with van der Waals surface area (Å²) in [5.74, 6) is -4.47. The molecule has 1 heterocycles. The Labute approximate surface area is 197 Å². The number of ether oxygens (including phenoxy) is 4. The molecule has 1 fully saturated rings. The van der Waals surface area contributed by atoms with Crippen molar-refractivity contribution < 1.29 is 43.2 Å². The monoisotopic (exact) mass is 484 g/mol. The first-order valence-corrected chi connectivity index (χ1v) is 10.8. The Balaban J connectivity index is 2.72. The molecular formula is C23H29ClO9. The van der Waals surface area contributed by atoms with E-state index in [1.54, 1.807) is 6.08 Å². The molecule has 0 amide bonds. The van der Waals surface area contributed by atoms with E-state index in [4.69, 9.17) is 30.5 Å². The predicted molar refractivity (Wildman–Crippen MR) is 117 cm³/mol. The Morgan fingerprint density at radius 3 is 2.52 bits per heavy atom. The molecule has 0 saturated carbocycles. The van der Waals surface area contributed by atoms with Crippen LogP contribution in [0.4, 0.5) is 0 Å². The van der Waals surface area contributed by atoms with Crippen LogP contribution in [0.5, 0.6) is 0 Å². The fourth-order valence-electron chi connectivity index (χ4n) is 3.60. The number of fused-ring (bicyclic) bond motifs is 1. The molecule has 6 atom stereocenters. The number of allylic oxidation sites excluding steroid dienone is 2. The highest BCUT2D eigenvalue weighted by atomic mass is 35.5. The standard InChI is InChI=1S/C23H29ClO9/c1-11-8-7-9-15(21(27)30-6)18(31-14(4)25)19(33-22(28)23(5,29)13(3)24)17-12(2)20(26)32-16(17)10-11/h9-10,13,16-19,29H,2,7-8H2,1,3-6H3/b11-10+,15-9?/t13?,16-,17+,18+,19+,23?/m1/s1. The van der Waals surface area contributed by atoms with Crippen molar-refractivity contribution in [2.75, 3.05) is 7.11 Å². The molecule has 1 saturated heterocycles. The van der Waals surface area contributed by atoms with Gasteiger partial charge in [0.2, 0.25) is 0 Å². The van der Waals surface area contributed by atoms with Crippen LogP contribution in [0.1, 0.15) is 40.5 Å². The zero-order valence-corrected chi connectivity index (χ0v) is 20.0. The van der Waals surface area contributed by atoms with Crippen LogP contribution in [0, 0.1) is 5.92 Å². The first-order chi connectivity index (χ1) is 15.3. The summed E-state index contributed by atoms with van der Waals surface area (Å²) in [5.41, 5.74) is -1.39. The first kappa shape index (κ1) is 26.6. The Kier molecular flexibility index (Phi) is 8.48. The smallest absolute Gasteiger partial charge is 0.339 e. The topological polar surface area (TPSA) is 125 Å². The Bertz CT molecular complexity index is 900. The zero-order chi connectivity index (χ0) is 25.1. The minimum absolute atomic E-state index is 0.0395. The molecule has 0 radical (unpaired) electrons. The van der Waals surface area contributed by atoms with Gasteiger partial charge < -0.3 is 24.1 Å². The Morgan fingerprint density at radius 1 is 1.33 bits per heavy atom. The lowest BCUT2D eigenvalue weighted by molar-refractivity contribution is -0.183. The van der Waals surface area contributed by atoms with E-state index < -0.39 is 59.1 Å². The van der Waals surface area contributed by atoms with E-state index >= 15 is 0 Å². The Morgan fingerprint density at radius 2 is 1.97 bits per heavy atom. The van der Waals surface area contributed by atoms with E-state index in [-0.39, 0.29) is 11.1 Å². The number of esters is 4. The van der Waals surface area contributed by atoms with Crippen molar-refractivity contribution in [3.63, 3.8) is 0 Å². The van der Waals surface area contributed by atoms with Crippen molar-refractivity contribution >= 4 is 35.5 Å². The summed E-state index contributed by atoms with van der Waals surface area (Å²) in [4.78, 5) is 50.0. The molecule has 1 aliphatic heterocycles. The van der Waals surface area contributed by atoms with Crippen molar-refractivity contribution in [1.29, 1.82) is 0 Å². The van der Waals surface area contributed by atoms with Crippen LogP contribution in [0.15, 0.2) is 35.5 Å². The lowest BCUT2D eigenvalue weighted by Gasteiger charge is -2.35. The zero-order valence-electron chi connectivity index (χ0n) is 19.3. The van der Waals surface area contributed by atoms with Gasteiger partial charge in [0.05, 0.1) is 24.0 Å². The third kappa shape index (κ3) is 5.83. The second-order valence-corrected chi connectivity index (χ2v) is 8.94. The predicted octanol–water partition coefficient (Wildman–Crippen LogP) is 2.15. The number of methoxy groups -OCH3 is 1. The van der Waals surface area contributed by atoms with Gasteiger partial charge in [-0.1, -0.05) is 18.2 Å². The summed E-state index contributed by atoms with van der Waals surface area (Å²) in [6.45, 7) is 9.28. The molecule has 0 aromatic heterocycles. The van der Waals surface area contributed by atoms with Crippen molar-refractivity contribution in [3.8, 4) is 0 Å². The molecule has 10 heteroatoms. The second-order valence-electron chi connectivity index (χ2n) is 8.29. The maximum atomic E-state index is 12.9. The fourth-order valence-corrected chi connectivity index (χ4v) is 3.69. The lowest BCUT2D eigenvalue weighted by atomic mass is 9.83. The molecule has 0 bridgehead atoms. The summed E-state index contributed by atoms with van der Waals surface area (Å²) < 4.78 is 21.4. The SMILES string of the molecule is C=C1C(=O)O[C@@H]2/C=C(\C)CCC=C(C(=O)OC)[C@H](OC(C)=O)[C@@H](OC(=O)C(C)(O)C(C)Cl)[C@@H]12. The number of rotatable bonds is 5. The van der Waals surface area contributed by atoms with E-state index in [0.29, 0.717) is 12.8 Å². The van der Waals surface area contributed by atoms with Gasteiger partial charge in [-0.2, -0.15) is 0 Å². The third-order valence-electron chi connectivity index (χ3n) is 5.72. The van der Waals surface area contributed by atoms with Gasteiger partial charge in [-0.05, 0) is 39.7 Å². The lowest BCUT2D eigenvalue weighted by Crippen LogP contribution is -2.51. The summed E-state index contributed by atoms with van der Waals surface area (Å²) in [5, 5.41) is 9.51. The van der Waals surface area contributed by atoms with Crippen LogP contribution < -0.4 is 0 Å². The minimum Gasteiger partial charge on any atom is -0.466 e. The maximum absolute atomic E-state index is 12.9. The molecule has 0 aromatic carbocycles. The van der Waals surface area contributed by atoms with E-state index in [2.05, 4.69) is 6.58 Å². The van der Waals surface area contributed by atoms with Crippen LogP contribution >= 0.6 is 11.6 Å². The van der Waals surface area contributed by atoms with Gasteiger partial charge in [-0.25, -0.2) is 14.4 Å². The normalized spacial score (nSPS) is 29.8. The number of carbonyl (C=O) groups excluding carboxylic acids is 4. The molecular weight excluding hydrogens is 456 g/mol. The largest absolute Gasteiger partial charge is 0.466 e. The quantitative estimate of drug-likeness (QED) is 0.205. The molecule has 1 aliphatic carbocycles. The van der Waals surface area contributed by atoms with Gasteiger partial charge in [-0.3, -0.25) is 4.79 Å². The van der Waals surface area contributed by atoms with Gasteiger partial charge in [0.1, 0.15) is 6.10 Å². The van der Waals surface area contributed by atoms with Gasteiger partial charge in [0, 0.05) is 12.5 Å². The highest BCUT2D eigenvalue weighted by Gasteiger charge is 2.52. The maximum Gasteiger partial charge on any atom is 0.339 e. The first-order valence-electron chi connectivity index (χ1n) is 10.4. The van der Waals surface area contributed by atoms with E-state index in [1.165, 1.54) is 13.0 Å². The summed E-state index contributed by atoms with van der Waals surface area (Å²) >= 11 is 5.96. The molecule has 33 heavy (non-hydrogen) atoms. The number of aliphatic hydroxyl groups is 1. The van der Waals surface area contributed by atoms with E-state index in [0.717, 1.165) is 26.5 Å². The number of halogens is 1. The average molecular weight is 485 g/mol. The van der Waals surface area contributed by atoms with Crippen LogP contribution in [-0.4, -0.2) is 65.4 Å². The van der Waals surface area contributed by atoms with Crippen molar-refractivity contribution in [3.05, 3.63) is 35.5 Å². The molecule has 2 rings (SSSR count). The van der Waals surface area contributed by atoms with Crippen LogP contribution in [0.25, 0.3) is 0 Å². The Hall–Kier alpha value is -2.65. The van der Waals surface area contributed by atoms with E-state index in [9.17, 15) is 24.3 Å². The summed E-state index contributed by atoms with van der Waals surface area (Å²) in [6, 6.07) is 0. The van der Waals surface area contributed by atoms with Crippen molar-refractivity contribution in [2.24, 2.45) is 5.92 Å². The van der Waals surface area contributed by atoms with Crippen molar-refractivity contribution in [1.82, 2.24) is 0 Å². The third-order valence-corrected chi connectivity index (χ3v) is 6.14. The summed E-state index contributed by atoms with van der Waals surface area (Å²) in [7, 11) is 1.16.